The SMILES string of the molecule is COc1ccc(-c2nc(C)c(F)c(N)n2)c(OC)c1. The van der Waals surface area contributed by atoms with E-state index in [0.717, 1.165) is 0 Å². The van der Waals surface area contributed by atoms with Crippen LogP contribution in [-0.4, -0.2) is 24.2 Å². The van der Waals surface area contributed by atoms with Crippen molar-refractivity contribution in [3.8, 4) is 22.9 Å². The van der Waals surface area contributed by atoms with E-state index in [-0.39, 0.29) is 11.5 Å². The van der Waals surface area contributed by atoms with Crippen molar-refractivity contribution in [3.63, 3.8) is 0 Å². The molecule has 100 valence electrons. The van der Waals surface area contributed by atoms with Gasteiger partial charge in [-0.25, -0.2) is 14.4 Å². The van der Waals surface area contributed by atoms with Gasteiger partial charge in [0.1, 0.15) is 11.5 Å². The van der Waals surface area contributed by atoms with Crippen LogP contribution in [0.1, 0.15) is 5.69 Å². The zero-order valence-electron chi connectivity index (χ0n) is 10.9. The van der Waals surface area contributed by atoms with Crippen molar-refractivity contribution in [2.75, 3.05) is 20.0 Å². The lowest BCUT2D eigenvalue weighted by atomic mass is 10.1. The first-order valence-corrected chi connectivity index (χ1v) is 5.58. The Kier molecular flexibility index (Phi) is 3.50. The predicted octanol–water partition coefficient (Wildman–Crippen LogP) is 2.19. The summed E-state index contributed by atoms with van der Waals surface area (Å²) in [6.45, 7) is 1.53. The van der Waals surface area contributed by atoms with Crippen molar-refractivity contribution >= 4 is 5.82 Å². The molecule has 2 rings (SSSR count). The van der Waals surface area contributed by atoms with Crippen molar-refractivity contribution in [2.24, 2.45) is 0 Å². The maximum absolute atomic E-state index is 13.4. The molecule has 0 aliphatic heterocycles. The number of benzene rings is 1. The highest BCUT2D eigenvalue weighted by Crippen LogP contribution is 2.32. The first-order chi connectivity index (χ1) is 9.06. The van der Waals surface area contributed by atoms with Gasteiger partial charge in [-0.15, -0.1) is 0 Å². The number of hydrogen-bond acceptors (Lipinski definition) is 5. The third-order valence-corrected chi connectivity index (χ3v) is 2.69. The molecular weight excluding hydrogens is 249 g/mol. The normalized spacial score (nSPS) is 10.3. The summed E-state index contributed by atoms with van der Waals surface area (Å²) in [5.41, 5.74) is 6.33. The Morgan fingerprint density at radius 3 is 2.47 bits per heavy atom. The highest BCUT2D eigenvalue weighted by Gasteiger charge is 2.14. The summed E-state index contributed by atoms with van der Waals surface area (Å²) in [4.78, 5) is 8.02. The molecule has 1 aromatic carbocycles. The van der Waals surface area contributed by atoms with Crippen molar-refractivity contribution in [2.45, 2.75) is 6.92 Å². The Morgan fingerprint density at radius 1 is 1.16 bits per heavy atom. The van der Waals surface area contributed by atoms with Crippen LogP contribution in [0.2, 0.25) is 0 Å². The molecule has 2 aromatic rings. The molecule has 0 radical (unpaired) electrons. The van der Waals surface area contributed by atoms with Crippen molar-refractivity contribution in [3.05, 3.63) is 29.7 Å². The molecule has 0 spiro atoms. The fraction of sp³-hybridized carbons (Fsp3) is 0.231. The van der Waals surface area contributed by atoms with Crippen LogP contribution < -0.4 is 15.2 Å². The quantitative estimate of drug-likeness (QED) is 0.919. The van der Waals surface area contributed by atoms with E-state index in [2.05, 4.69) is 9.97 Å². The van der Waals surface area contributed by atoms with E-state index in [1.54, 1.807) is 25.3 Å². The minimum atomic E-state index is -0.601. The average Bonchev–Trinajstić information content (AvgIpc) is 2.43. The Labute approximate surface area is 110 Å². The van der Waals surface area contributed by atoms with Crippen LogP contribution >= 0.6 is 0 Å². The van der Waals surface area contributed by atoms with Crippen LogP contribution in [0, 0.1) is 12.7 Å². The second-order valence-corrected chi connectivity index (χ2v) is 3.90. The van der Waals surface area contributed by atoms with Crippen LogP contribution in [0.15, 0.2) is 18.2 Å². The molecule has 6 heteroatoms. The van der Waals surface area contributed by atoms with E-state index in [9.17, 15) is 4.39 Å². The van der Waals surface area contributed by atoms with Gasteiger partial charge in [-0.05, 0) is 19.1 Å². The maximum atomic E-state index is 13.4. The van der Waals surface area contributed by atoms with Gasteiger partial charge >= 0.3 is 0 Å². The number of hydrogen-bond donors (Lipinski definition) is 1. The molecule has 0 atom stereocenters. The smallest absolute Gasteiger partial charge is 0.186 e. The van der Waals surface area contributed by atoms with Gasteiger partial charge in [-0.3, -0.25) is 0 Å². The molecule has 0 amide bonds. The molecule has 1 aromatic heterocycles. The predicted molar refractivity (Wildman–Crippen MR) is 69.7 cm³/mol. The monoisotopic (exact) mass is 263 g/mol. The molecule has 0 aliphatic rings. The lowest BCUT2D eigenvalue weighted by molar-refractivity contribution is 0.395. The minimum Gasteiger partial charge on any atom is -0.497 e. The number of aryl methyl sites for hydroxylation is 1. The first kappa shape index (κ1) is 13.1. The van der Waals surface area contributed by atoms with Crippen LogP contribution in [0.5, 0.6) is 11.5 Å². The van der Waals surface area contributed by atoms with E-state index < -0.39 is 5.82 Å². The average molecular weight is 263 g/mol. The lowest BCUT2D eigenvalue weighted by Crippen LogP contribution is -2.03. The zero-order valence-corrected chi connectivity index (χ0v) is 10.9. The molecule has 0 unspecified atom stereocenters. The van der Waals surface area contributed by atoms with Gasteiger partial charge < -0.3 is 15.2 Å². The highest BCUT2D eigenvalue weighted by atomic mass is 19.1. The molecule has 0 saturated heterocycles. The van der Waals surface area contributed by atoms with Gasteiger partial charge in [0, 0.05) is 6.07 Å². The molecule has 2 N–H and O–H groups in total. The zero-order chi connectivity index (χ0) is 14.0. The number of ether oxygens (including phenoxy) is 2. The number of aromatic nitrogens is 2. The summed E-state index contributed by atoms with van der Waals surface area (Å²) in [5, 5.41) is 0. The fourth-order valence-corrected chi connectivity index (χ4v) is 1.69. The number of anilines is 1. The van der Waals surface area contributed by atoms with Crippen LogP contribution in [0.25, 0.3) is 11.4 Å². The Hall–Kier alpha value is -2.37. The van der Waals surface area contributed by atoms with Gasteiger partial charge in [0.2, 0.25) is 0 Å². The fourth-order valence-electron chi connectivity index (χ4n) is 1.69. The van der Waals surface area contributed by atoms with Crippen LogP contribution in [-0.2, 0) is 0 Å². The second kappa shape index (κ2) is 5.09. The molecule has 5 nitrogen and oxygen atoms in total. The van der Waals surface area contributed by atoms with E-state index in [4.69, 9.17) is 15.2 Å². The number of nitrogens with two attached hydrogens (primary N) is 1. The first-order valence-electron chi connectivity index (χ1n) is 5.58. The van der Waals surface area contributed by atoms with E-state index in [1.807, 2.05) is 0 Å². The van der Waals surface area contributed by atoms with Crippen molar-refractivity contribution in [1.29, 1.82) is 0 Å². The molecule has 0 fully saturated rings. The molecule has 0 saturated carbocycles. The molecular formula is C13H14FN3O2. The summed E-state index contributed by atoms with van der Waals surface area (Å²) in [6, 6.07) is 5.19. The minimum absolute atomic E-state index is 0.180. The topological polar surface area (TPSA) is 70.3 Å². The van der Waals surface area contributed by atoms with E-state index in [1.165, 1.54) is 14.0 Å². The van der Waals surface area contributed by atoms with E-state index in [0.29, 0.717) is 22.9 Å². The van der Waals surface area contributed by atoms with Gasteiger partial charge in [-0.1, -0.05) is 0 Å². The largest absolute Gasteiger partial charge is 0.497 e. The standard InChI is InChI=1S/C13H14FN3O2/c1-7-11(14)12(15)17-13(16-7)9-5-4-8(18-2)6-10(9)19-3/h4-6H,1-3H3,(H2,15,16,17). The molecule has 0 aliphatic carbocycles. The summed E-state index contributed by atoms with van der Waals surface area (Å²) >= 11 is 0. The van der Waals surface area contributed by atoms with Gasteiger partial charge in [0.25, 0.3) is 0 Å². The number of methoxy groups -OCH3 is 2. The summed E-state index contributed by atoms with van der Waals surface area (Å²) in [6.07, 6.45) is 0. The maximum Gasteiger partial charge on any atom is 0.186 e. The number of nitrogens with zero attached hydrogens (tertiary/aromatic N) is 2. The third-order valence-electron chi connectivity index (χ3n) is 2.69. The number of rotatable bonds is 3. The third kappa shape index (κ3) is 2.42. The van der Waals surface area contributed by atoms with Crippen molar-refractivity contribution < 1.29 is 13.9 Å². The number of nitrogen functional groups attached to an aromatic ring is 1. The van der Waals surface area contributed by atoms with Crippen molar-refractivity contribution in [1.82, 2.24) is 9.97 Å². The van der Waals surface area contributed by atoms with E-state index >= 15 is 0 Å². The van der Waals surface area contributed by atoms with Gasteiger partial charge in [-0.2, -0.15) is 0 Å². The summed E-state index contributed by atoms with van der Waals surface area (Å²) in [7, 11) is 3.09. The molecule has 0 bridgehead atoms. The molecule has 19 heavy (non-hydrogen) atoms. The van der Waals surface area contributed by atoms with Gasteiger partial charge in [0.15, 0.2) is 17.5 Å². The second-order valence-electron chi connectivity index (χ2n) is 3.90. The highest BCUT2D eigenvalue weighted by molar-refractivity contribution is 5.67. The summed E-state index contributed by atoms with van der Waals surface area (Å²) < 4.78 is 23.8. The Morgan fingerprint density at radius 2 is 1.89 bits per heavy atom. The summed E-state index contributed by atoms with van der Waals surface area (Å²) in [5.74, 6) is 0.713. The Balaban J connectivity index is 2.58. The Bertz CT molecular complexity index is 594. The van der Waals surface area contributed by atoms with Crippen LogP contribution in [0.4, 0.5) is 10.2 Å². The van der Waals surface area contributed by atoms with Gasteiger partial charge in [0.05, 0.1) is 25.5 Å². The number of halogens is 1. The molecule has 1 heterocycles. The van der Waals surface area contributed by atoms with Crippen LogP contribution in [0.3, 0.4) is 0 Å². The lowest BCUT2D eigenvalue weighted by Gasteiger charge is -2.10.